The summed E-state index contributed by atoms with van der Waals surface area (Å²) < 4.78 is 5.55. The van der Waals surface area contributed by atoms with E-state index in [4.69, 9.17) is 4.74 Å². The van der Waals surface area contributed by atoms with Crippen molar-refractivity contribution >= 4 is 0 Å². The zero-order valence-electron chi connectivity index (χ0n) is 7.11. The molecule has 1 saturated heterocycles. The van der Waals surface area contributed by atoms with Crippen molar-refractivity contribution in [1.29, 1.82) is 0 Å². The Kier molecular flexibility index (Phi) is 2.32. The Balaban J connectivity index is 2.29. The van der Waals surface area contributed by atoms with E-state index in [1.807, 2.05) is 7.05 Å². The molecule has 0 saturated carbocycles. The topological polar surface area (TPSA) is 21.3 Å². The second kappa shape index (κ2) is 2.89. The number of rotatable bonds is 2. The first-order valence-electron chi connectivity index (χ1n) is 3.90. The lowest BCUT2D eigenvalue weighted by atomic mass is 9.91. The molecule has 0 amide bonds. The highest BCUT2D eigenvalue weighted by molar-refractivity contribution is 4.80. The van der Waals surface area contributed by atoms with Crippen LogP contribution >= 0.6 is 0 Å². The SMILES string of the molecule is CNCC1CC(C)(C)CO1. The fraction of sp³-hybridized carbons (Fsp3) is 1.00. The van der Waals surface area contributed by atoms with Gasteiger partial charge in [0.2, 0.25) is 0 Å². The fourth-order valence-corrected chi connectivity index (χ4v) is 1.44. The van der Waals surface area contributed by atoms with E-state index in [0.29, 0.717) is 11.5 Å². The lowest BCUT2D eigenvalue weighted by Crippen LogP contribution is -2.23. The quantitative estimate of drug-likeness (QED) is 0.623. The van der Waals surface area contributed by atoms with E-state index in [2.05, 4.69) is 19.2 Å². The number of ether oxygens (including phenoxy) is 1. The maximum Gasteiger partial charge on any atom is 0.0705 e. The molecule has 1 N–H and O–H groups in total. The molecule has 1 heterocycles. The normalized spacial score (nSPS) is 30.9. The summed E-state index contributed by atoms with van der Waals surface area (Å²) >= 11 is 0. The number of hydrogen-bond acceptors (Lipinski definition) is 2. The van der Waals surface area contributed by atoms with Gasteiger partial charge in [0, 0.05) is 6.54 Å². The summed E-state index contributed by atoms with van der Waals surface area (Å²) in [5.74, 6) is 0. The van der Waals surface area contributed by atoms with Crippen molar-refractivity contribution in [2.45, 2.75) is 26.4 Å². The van der Waals surface area contributed by atoms with Crippen molar-refractivity contribution in [3.63, 3.8) is 0 Å². The summed E-state index contributed by atoms with van der Waals surface area (Å²) in [5, 5.41) is 3.12. The van der Waals surface area contributed by atoms with Crippen LogP contribution in [0.25, 0.3) is 0 Å². The van der Waals surface area contributed by atoms with Crippen LogP contribution < -0.4 is 5.32 Å². The molecule has 1 fully saturated rings. The average Bonchev–Trinajstić information content (AvgIpc) is 2.12. The molecule has 60 valence electrons. The summed E-state index contributed by atoms with van der Waals surface area (Å²) in [4.78, 5) is 0. The van der Waals surface area contributed by atoms with Gasteiger partial charge in [-0.15, -0.1) is 0 Å². The molecule has 0 spiro atoms. The molecule has 2 heteroatoms. The van der Waals surface area contributed by atoms with Gasteiger partial charge in [-0.05, 0) is 18.9 Å². The van der Waals surface area contributed by atoms with Crippen LogP contribution in [0.15, 0.2) is 0 Å². The smallest absolute Gasteiger partial charge is 0.0705 e. The Hall–Kier alpha value is -0.0800. The molecule has 2 nitrogen and oxygen atoms in total. The Morgan fingerprint density at radius 3 is 2.70 bits per heavy atom. The zero-order chi connectivity index (χ0) is 7.61. The van der Waals surface area contributed by atoms with E-state index in [-0.39, 0.29) is 0 Å². The molecule has 1 rings (SSSR count). The molecule has 1 aliphatic heterocycles. The molecular formula is C8H17NO. The molecule has 1 unspecified atom stereocenters. The zero-order valence-corrected chi connectivity index (χ0v) is 7.11. The summed E-state index contributed by atoms with van der Waals surface area (Å²) in [7, 11) is 1.97. The maximum absolute atomic E-state index is 5.55. The Morgan fingerprint density at radius 1 is 1.60 bits per heavy atom. The van der Waals surface area contributed by atoms with E-state index in [1.54, 1.807) is 0 Å². The Labute approximate surface area is 63.0 Å². The van der Waals surface area contributed by atoms with Crippen molar-refractivity contribution in [3.05, 3.63) is 0 Å². The molecule has 1 atom stereocenters. The highest BCUT2D eigenvalue weighted by Gasteiger charge is 2.30. The second-order valence-electron chi connectivity index (χ2n) is 3.86. The van der Waals surface area contributed by atoms with Gasteiger partial charge in [-0.1, -0.05) is 13.8 Å². The Bertz CT molecular complexity index is 112. The fourth-order valence-electron chi connectivity index (χ4n) is 1.44. The number of hydrogen-bond donors (Lipinski definition) is 1. The van der Waals surface area contributed by atoms with Crippen LogP contribution in [-0.2, 0) is 4.74 Å². The van der Waals surface area contributed by atoms with Crippen molar-refractivity contribution in [2.24, 2.45) is 5.41 Å². The minimum atomic E-state index is 0.404. The van der Waals surface area contributed by atoms with Crippen molar-refractivity contribution in [2.75, 3.05) is 20.2 Å². The maximum atomic E-state index is 5.55. The molecule has 0 bridgehead atoms. The third kappa shape index (κ3) is 1.96. The molecule has 0 aromatic rings. The summed E-state index contributed by atoms with van der Waals surface area (Å²) in [6.07, 6.45) is 1.63. The van der Waals surface area contributed by atoms with Crippen LogP contribution in [-0.4, -0.2) is 26.3 Å². The van der Waals surface area contributed by atoms with Crippen LogP contribution in [0.2, 0.25) is 0 Å². The lowest BCUT2D eigenvalue weighted by molar-refractivity contribution is 0.100. The van der Waals surface area contributed by atoms with Crippen molar-refractivity contribution in [3.8, 4) is 0 Å². The third-order valence-electron chi connectivity index (χ3n) is 1.92. The van der Waals surface area contributed by atoms with Gasteiger partial charge >= 0.3 is 0 Å². The van der Waals surface area contributed by atoms with Crippen LogP contribution in [0.1, 0.15) is 20.3 Å². The van der Waals surface area contributed by atoms with Crippen LogP contribution in [0, 0.1) is 5.41 Å². The minimum Gasteiger partial charge on any atom is -0.376 e. The van der Waals surface area contributed by atoms with E-state index >= 15 is 0 Å². The van der Waals surface area contributed by atoms with Crippen LogP contribution in [0.5, 0.6) is 0 Å². The number of likely N-dealkylation sites (N-methyl/N-ethyl adjacent to an activating group) is 1. The molecule has 10 heavy (non-hydrogen) atoms. The first-order chi connectivity index (χ1) is 4.64. The van der Waals surface area contributed by atoms with Gasteiger partial charge in [-0.2, -0.15) is 0 Å². The largest absolute Gasteiger partial charge is 0.376 e. The van der Waals surface area contributed by atoms with Gasteiger partial charge < -0.3 is 10.1 Å². The van der Waals surface area contributed by atoms with Crippen molar-refractivity contribution in [1.82, 2.24) is 5.32 Å². The predicted molar refractivity (Wildman–Crippen MR) is 42.1 cm³/mol. The highest BCUT2D eigenvalue weighted by atomic mass is 16.5. The molecule has 0 radical (unpaired) electrons. The molecule has 0 aromatic heterocycles. The van der Waals surface area contributed by atoms with Gasteiger partial charge in [-0.3, -0.25) is 0 Å². The summed E-state index contributed by atoms with van der Waals surface area (Å²) in [6.45, 7) is 6.41. The Morgan fingerprint density at radius 2 is 2.30 bits per heavy atom. The first-order valence-corrected chi connectivity index (χ1v) is 3.90. The predicted octanol–water partition coefficient (Wildman–Crippen LogP) is 1.02. The highest BCUT2D eigenvalue weighted by Crippen LogP contribution is 2.30. The second-order valence-corrected chi connectivity index (χ2v) is 3.86. The molecule has 1 aliphatic rings. The van der Waals surface area contributed by atoms with Crippen LogP contribution in [0.4, 0.5) is 0 Å². The number of nitrogens with one attached hydrogen (secondary N) is 1. The lowest BCUT2D eigenvalue weighted by Gasteiger charge is -2.13. The monoisotopic (exact) mass is 143 g/mol. The molecule has 0 aromatic carbocycles. The van der Waals surface area contributed by atoms with Gasteiger partial charge in [0.05, 0.1) is 12.7 Å². The van der Waals surface area contributed by atoms with Gasteiger partial charge in [0.1, 0.15) is 0 Å². The minimum absolute atomic E-state index is 0.404. The van der Waals surface area contributed by atoms with E-state index < -0.39 is 0 Å². The first kappa shape index (κ1) is 8.02. The van der Waals surface area contributed by atoms with Crippen LogP contribution in [0.3, 0.4) is 0 Å². The van der Waals surface area contributed by atoms with Crippen molar-refractivity contribution < 1.29 is 4.74 Å². The van der Waals surface area contributed by atoms with Gasteiger partial charge in [0.25, 0.3) is 0 Å². The molecule has 0 aliphatic carbocycles. The van der Waals surface area contributed by atoms with E-state index in [9.17, 15) is 0 Å². The van der Waals surface area contributed by atoms with E-state index in [1.165, 1.54) is 6.42 Å². The third-order valence-corrected chi connectivity index (χ3v) is 1.92. The van der Waals surface area contributed by atoms with E-state index in [0.717, 1.165) is 13.2 Å². The molecular weight excluding hydrogens is 126 g/mol. The standard InChI is InChI=1S/C8H17NO/c1-8(2)4-7(5-9-3)10-6-8/h7,9H,4-6H2,1-3H3. The van der Waals surface area contributed by atoms with Gasteiger partial charge in [-0.25, -0.2) is 0 Å². The average molecular weight is 143 g/mol. The summed E-state index contributed by atoms with van der Waals surface area (Å²) in [5.41, 5.74) is 0.404. The van der Waals surface area contributed by atoms with Gasteiger partial charge in [0.15, 0.2) is 0 Å². The summed E-state index contributed by atoms with van der Waals surface area (Å²) in [6, 6.07) is 0.